The molecule has 0 spiro atoms. The maximum Gasteiger partial charge on any atom is 0.111 e. The van der Waals surface area contributed by atoms with E-state index < -0.39 is 0 Å². The molecule has 0 unspecified atom stereocenters. The Hall–Kier alpha value is -0.840. The summed E-state index contributed by atoms with van der Waals surface area (Å²) < 4.78 is 15.7. The zero-order valence-corrected chi connectivity index (χ0v) is 11.6. The average Bonchev–Trinajstić information content (AvgIpc) is 2.40. The number of ether oxygens (including phenoxy) is 3. The van der Waals surface area contributed by atoms with Crippen LogP contribution < -0.4 is 0 Å². The van der Waals surface area contributed by atoms with E-state index in [0.29, 0.717) is 33.0 Å². The molecule has 0 aromatic rings. The highest BCUT2D eigenvalue weighted by Crippen LogP contribution is 2.03. The van der Waals surface area contributed by atoms with Crippen molar-refractivity contribution in [3.8, 4) is 0 Å². The molecule has 0 bridgehead atoms. The molecule has 0 saturated heterocycles. The van der Waals surface area contributed by atoms with Gasteiger partial charge >= 0.3 is 0 Å². The summed E-state index contributed by atoms with van der Waals surface area (Å²) >= 11 is 0. The maximum absolute atomic E-state index is 8.48. The van der Waals surface area contributed by atoms with Crippen molar-refractivity contribution in [3.05, 3.63) is 24.0 Å². The lowest BCUT2D eigenvalue weighted by atomic mass is 10.2. The Kier molecular flexibility index (Phi) is 13.6. The molecule has 0 amide bonds. The SMILES string of the molecule is CCC=CC(=COCCOCCOCCO)CC. The monoisotopic (exact) mass is 258 g/mol. The van der Waals surface area contributed by atoms with E-state index in [1.54, 1.807) is 6.26 Å². The molecule has 0 aromatic heterocycles. The predicted octanol–water partition coefficient (Wildman–Crippen LogP) is 2.29. The second kappa shape index (κ2) is 14.2. The molecule has 0 aliphatic heterocycles. The van der Waals surface area contributed by atoms with Gasteiger partial charge in [-0.05, 0) is 18.4 Å². The molecule has 0 atom stereocenters. The molecule has 18 heavy (non-hydrogen) atoms. The normalized spacial score (nSPS) is 12.3. The number of rotatable bonds is 12. The van der Waals surface area contributed by atoms with E-state index >= 15 is 0 Å². The molecule has 0 aromatic carbocycles. The minimum absolute atomic E-state index is 0.0545. The molecule has 0 aliphatic carbocycles. The zero-order chi connectivity index (χ0) is 13.5. The third-order valence-electron chi connectivity index (χ3n) is 2.16. The topological polar surface area (TPSA) is 47.9 Å². The van der Waals surface area contributed by atoms with Gasteiger partial charge in [0.05, 0.1) is 39.3 Å². The first-order valence-corrected chi connectivity index (χ1v) is 6.58. The van der Waals surface area contributed by atoms with Crippen LogP contribution in [0.1, 0.15) is 26.7 Å². The fourth-order valence-corrected chi connectivity index (χ4v) is 1.17. The lowest BCUT2D eigenvalue weighted by molar-refractivity contribution is 0.0202. The Morgan fingerprint density at radius 2 is 1.67 bits per heavy atom. The van der Waals surface area contributed by atoms with Gasteiger partial charge in [0.25, 0.3) is 0 Å². The van der Waals surface area contributed by atoms with Gasteiger partial charge in [-0.2, -0.15) is 0 Å². The van der Waals surface area contributed by atoms with Gasteiger partial charge in [0.1, 0.15) is 6.61 Å². The van der Waals surface area contributed by atoms with Gasteiger partial charge in [0.2, 0.25) is 0 Å². The summed E-state index contributed by atoms with van der Waals surface area (Å²) in [5.74, 6) is 0. The number of allylic oxidation sites excluding steroid dienone is 3. The zero-order valence-electron chi connectivity index (χ0n) is 11.6. The number of hydrogen-bond donors (Lipinski definition) is 1. The maximum atomic E-state index is 8.48. The standard InChI is InChI=1S/C14H26O4/c1-3-5-6-14(4-2)13-18-12-11-17-10-9-16-8-7-15/h5-6,13,15H,3-4,7-12H2,1-2H3. The smallest absolute Gasteiger partial charge is 0.111 e. The van der Waals surface area contributed by atoms with Crippen LogP contribution in [0.4, 0.5) is 0 Å². The van der Waals surface area contributed by atoms with Crippen LogP contribution in [0.5, 0.6) is 0 Å². The average molecular weight is 258 g/mol. The lowest BCUT2D eigenvalue weighted by Gasteiger charge is -2.05. The summed E-state index contributed by atoms with van der Waals surface area (Å²) in [6.45, 7) is 6.77. The second-order valence-electron chi connectivity index (χ2n) is 3.68. The molecule has 0 saturated carbocycles. The largest absolute Gasteiger partial charge is 0.499 e. The summed E-state index contributed by atoms with van der Waals surface area (Å²) in [6, 6.07) is 0. The van der Waals surface area contributed by atoms with Crippen LogP contribution in [0.3, 0.4) is 0 Å². The van der Waals surface area contributed by atoms with Gasteiger partial charge in [-0.1, -0.05) is 26.0 Å². The van der Waals surface area contributed by atoms with Crippen LogP contribution in [0.2, 0.25) is 0 Å². The van der Waals surface area contributed by atoms with Crippen molar-refractivity contribution < 1.29 is 19.3 Å². The van der Waals surface area contributed by atoms with Gasteiger partial charge in [-0.3, -0.25) is 0 Å². The van der Waals surface area contributed by atoms with Crippen LogP contribution in [0.15, 0.2) is 24.0 Å². The van der Waals surface area contributed by atoms with E-state index in [2.05, 4.69) is 26.0 Å². The Balaban J connectivity index is 3.42. The molecule has 0 radical (unpaired) electrons. The quantitative estimate of drug-likeness (QED) is 0.331. The van der Waals surface area contributed by atoms with E-state index in [1.807, 2.05) is 0 Å². The van der Waals surface area contributed by atoms with Gasteiger partial charge in [-0.25, -0.2) is 0 Å². The van der Waals surface area contributed by atoms with E-state index in [4.69, 9.17) is 19.3 Å². The molecule has 4 nitrogen and oxygen atoms in total. The van der Waals surface area contributed by atoms with Gasteiger partial charge in [0, 0.05) is 0 Å². The van der Waals surface area contributed by atoms with Crippen molar-refractivity contribution in [2.75, 3.05) is 39.6 Å². The molecule has 0 rings (SSSR count). The fraction of sp³-hybridized carbons (Fsp3) is 0.714. The molecule has 0 aliphatic rings. The van der Waals surface area contributed by atoms with E-state index in [-0.39, 0.29) is 6.61 Å². The number of hydrogen-bond acceptors (Lipinski definition) is 4. The van der Waals surface area contributed by atoms with Crippen LogP contribution in [-0.2, 0) is 14.2 Å². The summed E-state index contributed by atoms with van der Waals surface area (Å²) in [7, 11) is 0. The second-order valence-corrected chi connectivity index (χ2v) is 3.68. The van der Waals surface area contributed by atoms with E-state index in [1.165, 1.54) is 5.57 Å². The van der Waals surface area contributed by atoms with E-state index in [9.17, 15) is 0 Å². The molecule has 1 N–H and O–H groups in total. The van der Waals surface area contributed by atoms with Crippen LogP contribution >= 0.6 is 0 Å². The highest BCUT2D eigenvalue weighted by Gasteiger charge is 1.91. The first-order chi connectivity index (χ1) is 8.85. The first kappa shape index (κ1) is 17.2. The summed E-state index contributed by atoms with van der Waals surface area (Å²) in [5.41, 5.74) is 1.18. The minimum Gasteiger partial charge on any atom is -0.499 e. The Bertz CT molecular complexity index is 224. The van der Waals surface area contributed by atoms with Crippen molar-refractivity contribution in [1.82, 2.24) is 0 Å². The molecule has 106 valence electrons. The van der Waals surface area contributed by atoms with Crippen molar-refractivity contribution in [3.63, 3.8) is 0 Å². The van der Waals surface area contributed by atoms with Crippen molar-refractivity contribution in [2.45, 2.75) is 26.7 Å². The predicted molar refractivity (Wildman–Crippen MR) is 72.5 cm³/mol. The Morgan fingerprint density at radius 3 is 2.28 bits per heavy atom. The fourth-order valence-electron chi connectivity index (χ4n) is 1.17. The highest BCUT2D eigenvalue weighted by molar-refractivity contribution is 5.15. The van der Waals surface area contributed by atoms with Crippen LogP contribution in [-0.4, -0.2) is 44.7 Å². The minimum atomic E-state index is 0.0545. The lowest BCUT2D eigenvalue weighted by Crippen LogP contribution is -2.09. The van der Waals surface area contributed by atoms with Crippen molar-refractivity contribution in [2.24, 2.45) is 0 Å². The van der Waals surface area contributed by atoms with Gasteiger partial charge in [0.15, 0.2) is 0 Å². The third kappa shape index (κ3) is 11.6. The molecular formula is C14H26O4. The molecule has 4 heteroatoms. The Morgan fingerprint density at radius 1 is 1.00 bits per heavy atom. The summed E-state index contributed by atoms with van der Waals surface area (Å²) in [5, 5.41) is 8.48. The number of aliphatic hydroxyl groups excluding tert-OH is 1. The van der Waals surface area contributed by atoms with Crippen LogP contribution in [0, 0.1) is 0 Å². The van der Waals surface area contributed by atoms with Crippen LogP contribution in [0.25, 0.3) is 0 Å². The van der Waals surface area contributed by atoms with Gasteiger partial charge < -0.3 is 19.3 Å². The summed E-state index contributed by atoms with van der Waals surface area (Å²) in [6.07, 6.45) is 8.00. The molecular weight excluding hydrogens is 232 g/mol. The van der Waals surface area contributed by atoms with Crippen molar-refractivity contribution in [1.29, 1.82) is 0 Å². The van der Waals surface area contributed by atoms with Gasteiger partial charge in [-0.15, -0.1) is 0 Å². The number of aliphatic hydroxyl groups is 1. The first-order valence-electron chi connectivity index (χ1n) is 6.58. The van der Waals surface area contributed by atoms with Crippen molar-refractivity contribution >= 4 is 0 Å². The third-order valence-corrected chi connectivity index (χ3v) is 2.16. The summed E-state index contributed by atoms with van der Waals surface area (Å²) in [4.78, 5) is 0. The van der Waals surface area contributed by atoms with E-state index in [0.717, 1.165) is 12.8 Å². The molecule has 0 heterocycles. The molecule has 0 fully saturated rings. The Labute approximate surface area is 110 Å². The highest BCUT2D eigenvalue weighted by atomic mass is 16.5.